The van der Waals surface area contributed by atoms with Gasteiger partial charge in [-0.15, -0.1) is 0 Å². The number of hydrogen-bond donors (Lipinski definition) is 1. The Balaban J connectivity index is 2.82. The molecular formula is C11H17N3O2. The third kappa shape index (κ3) is 3.27. The van der Waals surface area contributed by atoms with Crippen molar-refractivity contribution >= 4 is 5.69 Å². The largest absolute Gasteiger partial charge is 0.314 e. The van der Waals surface area contributed by atoms with E-state index in [-0.39, 0.29) is 16.7 Å². The summed E-state index contributed by atoms with van der Waals surface area (Å²) in [6.45, 7) is 6.65. The van der Waals surface area contributed by atoms with Crippen molar-refractivity contribution in [3.8, 4) is 0 Å². The molecule has 0 spiro atoms. The molecule has 0 amide bonds. The summed E-state index contributed by atoms with van der Waals surface area (Å²) >= 11 is 0. The number of pyridine rings is 1. The quantitative estimate of drug-likeness (QED) is 0.611. The molecule has 1 aromatic heterocycles. The molecule has 1 rings (SSSR count). The van der Waals surface area contributed by atoms with E-state index in [9.17, 15) is 10.1 Å². The number of aryl methyl sites for hydroxylation is 1. The fourth-order valence-corrected chi connectivity index (χ4v) is 1.60. The van der Waals surface area contributed by atoms with Gasteiger partial charge >= 0.3 is 0 Å². The normalized spacial score (nSPS) is 12.4. The van der Waals surface area contributed by atoms with Crippen molar-refractivity contribution in [1.29, 1.82) is 0 Å². The highest BCUT2D eigenvalue weighted by molar-refractivity contribution is 5.38. The van der Waals surface area contributed by atoms with Gasteiger partial charge in [0.2, 0.25) is 0 Å². The zero-order valence-corrected chi connectivity index (χ0v) is 9.86. The lowest BCUT2D eigenvalue weighted by Gasteiger charge is -2.11. The van der Waals surface area contributed by atoms with Crippen LogP contribution in [0.2, 0.25) is 0 Å². The lowest BCUT2D eigenvalue weighted by molar-refractivity contribution is -0.385. The maximum atomic E-state index is 10.7. The summed E-state index contributed by atoms with van der Waals surface area (Å²) in [5, 5.41) is 14.0. The Morgan fingerprint density at radius 3 is 2.88 bits per heavy atom. The van der Waals surface area contributed by atoms with E-state index in [1.54, 1.807) is 19.2 Å². The third-order valence-corrected chi connectivity index (χ3v) is 2.40. The van der Waals surface area contributed by atoms with Crippen molar-refractivity contribution in [1.82, 2.24) is 10.3 Å². The van der Waals surface area contributed by atoms with Gasteiger partial charge in [0.25, 0.3) is 5.69 Å². The molecule has 0 bridgehead atoms. The first-order valence-electron chi connectivity index (χ1n) is 5.38. The smallest absolute Gasteiger partial charge is 0.275 e. The Morgan fingerprint density at radius 1 is 1.62 bits per heavy atom. The van der Waals surface area contributed by atoms with Crippen LogP contribution in [0.4, 0.5) is 5.69 Å². The third-order valence-electron chi connectivity index (χ3n) is 2.40. The second-order valence-electron chi connectivity index (χ2n) is 3.88. The van der Waals surface area contributed by atoms with Crippen molar-refractivity contribution in [3.05, 3.63) is 33.6 Å². The zero-order valence-electron chi connectivity index (χ0n) is 9.86. The number of nitrogens with zero attached hydrogens (tertiary/aromatic N) is 2. The molecule has 0 aromatic carbocycles. The minimum Gasteiger partial charge on any atom is -0.314 e. The lowest BCUT2D eigenvalue weighted by atomic mass is 10.1. The van der Waals surface area contributed by atoms with Gasteiger partial charge in [0.1, 0.15) is 0 Å². The minimum absolute atomic E-state index is 0.147. The zero-order chi connectivity index (χ0) is 12.1. The van der Waals surface area contributed by atoms with Crippen LogP contribution in [0, 0.1) is 17.0 Å². The first-order valence-corrected chi connectivity index (χ1v) is 5.38. The van der Waals surface area contributed by atoms with Crippen molar-refractivity contribution < 1.29 is 4.92 Å². The Bertz CT molecular complexity index is 379. The van der Waals surface area contributed by atoms with Gasteiger partial charge in [-0.2, -0.15) is 0 Å². The van der Waals surface area contributed by atoms with Gasteiger partial charge in [0.05, 0.1) is 4.92 Å². The number of nitro groups is 1. The lowest BCUT2D eigenvalue weighted by Crippen LogP contribution is -2.27. The van der Waals surface area contributed by atoms with Gasteiger partial charge < -0.3 is 5.32 Å². The summed E-state index contributed by atoms with van der Waals surface area (Å²) in [4.78, 5) is 14.6. The highest BCUT2D eigenvalue weighted by Gasteiger charge is 2.13. The van der Waals surface area contributed by atoms with E-state index >= 15 is 0 Å². The maximum absolute atomic E-state index is 10.7. The van der Waals surface area contributed by atoms with Crippen molar-refractivity contribution in [2.24, 2.45) is 0 Å². The average molecular weight is 223 g/mol. The predicted octanol–water partition coefficient (Wildman–Crippen LogP) is 1.84. The molecule has 5 nitrogen and oxygen atoms in total. The van der Waals surface area contributed by atoms with Crippen LogP contribution in [-0.4, -0.2) is 22.5 Å². The summed E-state index contributed by atoms with van der Waals surface area (Å²) in [6.07, 6.45) is 2.26. The van der Waals surface area contributed by atoms with Gasteiger partial charge in [0, 0.05) is 36.0 Å². The summed E-state index contributed by atoms with van der Waals surface area (Å²) < 4.78 is 0. The molecule has 16 heavy (non-hydrogen) atoms. The molecule has 88 valence electrons. The van der Waals surface area contributed by atoms with E-state index in [1.807, 2.05) is 13.8 Å². The Labute approximate surface area is 95.0 Å². The first-order chi connectivity index (χ1) is 7.54. The molecule has 1 N–H and O–H groups in total. The Hall–Kier alpha value is -1.49. The van der Waals surface area contributed by atoms with Gasteiger partial charge in [-0.05, 0) is 20.4 Å². The van der Waals surface area contributed by atoms with Crippen molar-refractivity contribution in [2.75, 3.05) is 6.54 Å². The molecule has 1 heterocycles. The fraction of sp³-hybridized carbons (Fsp3) is 0.545. The number of rotatable bonds is 5. The molecule has 1 unspecified atom stereocenters. The summed E-state index contributed by atoms with van der Waals surface area (Å²) in [6, 6.07) is 1.84. The number of nitrogens with one attached hydrogen (secondary N) is 1. The molecule has 1 aromatic rings. The molecule has 0 radical (unpaired) electrons. The maximum Gasteiger partial charge on any atom is 0.275 e. The van der Waals surface area contributed by atoms with E-state index in [0.29, 0.717) is 12.0 Å². The van der Waals surface area contributed by atoms with E-state index in [1.165, 1.54) is 0 Å². The van der Waals surface area contributed by atoms with E-state index in [4.69, 9.17) is 0 Å². The van der Waals surface area contributed by atoms with Crippen LogP contribution in [0.25, 0.3) is 0 Å². The molecule has 0 saturated carbocycles. The van der Waals surface area contributed by atoms with E-state index in [0.717, 1.165) is 12.2 Å². The first kappa shape index (κ1) is 12.6. The van der Waals surface area contributed by atoms with Crippen LogP contribution in [0.5, 0.6) is 0 Å². The monoisotopic (exact) mass is 223 g/mol. The van der Waals surface area contributed by atoms with Gasteiger partial charge in [-0.1, -0.05) is 6.92 Å². The highest BCUT2D eigenvalue weighted by Crippen LogP contribution is 2.17. The number of hydrogen-bond acceptors (Lipinski definition) is 4. The summed E-state index contributed by atoms with van der Waals surface area (Å²) in [5.41, 5.74) is 1.50. The fourth-order valence-electron chi connectivity index (χ4n) is 1.60. The van der Waals surface area contributed by atoms with Crippen molar-refractivity contribution in [2.45, 2.75) is 33.2 Å². The van der Waals surface area contributed by atoms with Crippen LogP contribution in [0.15, 0.2) is 12.3 Å². The number of aromatic nitrogens is 1. The summed E-state index contributed by atoms with van der Waals surface area (Å²) in [5.74, 6) is 0. The minimum atomic E-state index is -0.363. The molecule has 0 aliphatic rings. The van der Waals surface area contributed by atoms with Crippen LogP contribution in [0.1, 0.15) is 25.1 Å². The number of likely N-dealkylation sites (N-methyl/N-ethyl adjacent to an activating group) is 1. The molecular weight excluding hydrogens is 206 g/mol. The molecule has 5 heteroatoms. The predicted molar refractivity (Wildman–Crippen MR) is 62.5 cm³/mol. The topological polar surface area (TPSA) is 68.1 Å². The molecule has 0 saturated heterocycles. The molecule has 0 aliphatic carbocycles. The van der Waals surface area contributed by atoms with E-state index in [2.05, 4.69) is 10.3 Å². The second-order valence-corrected chi connectivity index (χ2v) is 3.88. The van der Waals surface area contributed by atoms with Crippen molar-refractivity contribution in [3.63, 3.8) is 0 Å². The molecule has 0 aliphatic heterocycles. The molecule has 0 fully saturated rings. The average Bonchev–Trinajstić information content (AvgIpc) is 2.21. The molecule has 1 atom stereocenters. The van der Waals surface area contributed by atoms with Gasteiger partial charge in [-0.3, -0.25) is 15.1 Å². The van der Waals surface area contributed by atoms with Crippen LogP contribution < -0.4 is 5.32 Å². The highest BCUT2D eigenvalue weighted by atomic mass is 16.6. The van der Waals surface area contributed by atoms with Gasteiger partial charge in [0.15, 0.2) is 0 Å². The standard InChI is InChI=1S/C11H17N3O2/c1-4-12-9(3)5-10-6-11(14(15)16)8(2)7-13-10/h6-7,9,12H,4-5H2,1-3H3. The SMILES string of the molecule is CCNC(C)Cc1cc([N+](=O)[O-])c(C)cn1. The van der Waals surface area contributed by atoms with E-state index < -0.39 is 0 Å². The van der Waals surface area contributed by atoms with Crippen LogP contribution in [0.3, 0.4) is 0 Å². The Morgan fingerprint density at radius 2 is 2.31 bits per heavy atom. The second kappa shape index (κ2) is 5.55. The Kier molecular flexibility index (Phi) is 4.37. The summed E-state index contributed by atoms with van der Waals surface area (Å²) in [7, 11) is 0. The van der Waals surface area contributed by atoms with Crippen LogP contribution >= 0.6 is 0 Å². The van der Waals surface area contributed by atoms with Gasteiger partial charge in [-0.25, -0.2) is 0 Å². The van der Waals surface area contributed by atoms with Crippen LogP contribution in [-0.2, 0) is 6.42 Å².